The number of aliphatic imine (C=N–C) groups is 1. The van der Waals surface area contributed by atoms with E-state index in [0.29, 0.717) is 11.3 Å². The lowest BCUT2D eigenvalue weighted by molar-refractivity contribution is -0.122. The van der Waals surface area contributed by atoms with E-state index in [0.717, 1.165) is 0 Å². The van der Waals surface area contributed by atoms with Crippen LogP contribution in [-0.4, -0.2) is 22.6 Å². The van der Waals surface area contributed by atoms with Gasteiger partial charge in [-0.15, -0.1) is 0 Å². The van der Waals surface area contributed by atoms with Crippen LogP contribution in [0.4, 0.5) is 4.39 Å². The molecule has 0 saturated carbocycles. The van der Waals surface area contributed by atoms with Crippen molar-refractivity contribution in [3.05, 3.63) is 71.3 Å². The Morgan fingerprint density at radius 1 is 1.26 bits per heavy atom. The normalized spacial score (nSPS) is 19.4. The molecule has 2 aliphatic rings. The highest BCUT2D eigenvalue weighted by atomic mass is 19.1. The van der Waals surface area contributed by atoms with Crippen LogP contribution >= 0.6 is 0 Å². The van der Waals surface area contributed by atoms with Crippen LogP contribution in [0.5, 0.6) is 0 Å². The Morgan fingerprint density at radius 3 is 2.74 bits per heavy atom. The van der Waals surface area contributed by atoms with Gasteiger partial charge < -0.3 is 10.4 Å². The van der Waals surface area contributed by atoms with Crippen LogP contribution in [0.2, 0.25) is 0 Å². The largest absolute Gasteiger partial charge is 0.510 e. The fourth-order valence-electron chi connectivity index (χ4n) is 2.39. The van der Waals surface area contributed by atoms with Gasteiger partial charge in [-0.2, -0.15) is 0 Å². The van der Waals surface area contributed by atoms with Crippen molar-refractivity contribution in [2.75, 3.05) is 0 Å². The first-order chi connectivity index (χ1) is 11.1. The number of hydrogen-bond acceptors (Lipinski definition) is 3. The van der Waals surface area contributed by atoms with Gasteiger partial charge in [0.25, 0.3) is 11.8 Å². The number of fused-ring (bicyclic) bond motifs is 1. The van der Waals surface area contributed by atoms with E-state index in [4.69, 9.17) is 0 Å². The first-order valence-electron chi connectivity index (χ1n) is 7.00. The molecule has 0 fully saturated rings. The number of benzene rings is 1. The van der Waals surface area contributed by atoms with Crippen molar-refractivity contribution in [3.8, 4) is 0 Å². The predicted molar refractivity (Wildman–Crippen MR) is 82.1 cm³/mol. The molecule has 1 atom stereocenters. The van der Waals surface area contributed by atoms with Crippen molar-refractivity contribution in [2.45, 2.75) is 6.54 Å². The summed E-state index contributed by atoms with van der Waals surface area (Å²) in [5.41, 5.74) is 0.721. The van der Waals surface area contributed by atoms with Gasteiger partial charge in [0.15, 0.2) is 0 Å². The second-order valence-electron chi connectivity index (χ2n) is 5.13. The van der Waals surface area contributed by atoms with Crippen LogP contribution in [0.15, 0.2) is 64.9 Å². The first kappa shape index (κ1) is 14.9. The van der Waals surface area contributed by atoms with E-state index in [1.807, 2.05) is 0 Å². The zero-order valence-electron chi connectivity index (χ0n) is 12.0. The lowest BCUT2D eigenvalue weighted by atomic mass is 9.90. The van der Waals surface area contributed by atoms with Crippen LogP contribution < -0.4 is 5.32 Å². The smallest absolute Gasteiger partial charge is 0.286 e. The number of allylic oxidation sites excluding steroid dienone is 4. The Balaban J connectivity index is 1.76. The second kappa shape index (κ2) is 6.00. The molecule has 0 spiro atoms. The number of aliphatic hydroxyl groups is 1. The second-order valence-corrected chi connectivity index (χ2v) is 5.13. The Morgan fingerprint density at radius 2 is 2.00 bits per heavy atom. The molecule has 2 N–H and O–H groups in total. The quantitative estimate of drug-likeness (QED) is 0.838. The number of hydrogen-bond donors (Lipinski definition) is 2. The summed E-state index contributed by atoms with van der Waals surface area (Å²) >= 11 is 0. The molecule has 116 valence electrons. The third-order valence-corrected chi connectivity index (χ3v) is 3.59. The minimum Gasteiger partial charge on any atom is -0.510 e. The van der Waals surface area contributed by atoms with E-state index < -0.39 is 17.7 Å². The van der Waals surface area contributed by atoms with E-state index in [-0.39, 0.29) is 23.7 Å². The summed E-state index contributed by atoms with van der Waals surface area (Å²) in [7, 11) is 0. The van der Waals surface area contributed by atoms with Crippen molar-refractivity contribution in [2.24, 2.45) is 10.9 Å². The molecular weight excluding hydrogens is 299 g/mol. The third kappa shape index (κ3) is 2.96. The molecule has 0 bridgehead atoms. The maximum Gasteiger partial charge on any atom is 0.286 e. The zero-order chi connectivity index (χ0) is 16.4. The number of dihydropyridines is 1. The molecular formula is C17H13FN2O3. The predicted octanol–water partition coefficient (Wildman–Crippen LogP) is 1.98. The van der Waals surface area contributed by atoms with Gasteiger partial charge in [-0.3, -0.25) is 9.59 Å². The number of nitrogens with one attached hydrogen (secondary N) is 1. The summed E-state index contributed by atoms with van der Waals surface area (Å²) in [6.07, 6.45) is 6.69. The highest BCUT2D eigenvalue weighted by Gasteiger charge is 2.33. The molecule has 0 saturated heterocycles. The van der Waals surface area contributed by atoms with Crippen LogP contribution in [0, 0.1) is 11.7 Å². The topological polar surface area (TPSA) is 78.8 Å². The van der Waals surface area contributed by atoms with Crippen molar-refractivity contribution in [1.82, 2.24) is 5.32 Å². The van der Waals surface area contributed by atoms with E-state index in [1.165, 1.54) is 24.3 Å². The molecule has 23 heavy (non-hydrogen) atoms. The number of aliphatic hydroxyl groups excluding tert-OH is 1. The summed E-state index contributed by atoms with van der Waals surface area (Å²) in [6, 6.07) is 5.61. The van der Waals surface area contributed by atoms with Crippen molar-refractivity contribution in [3.63, 3.8) is 0 Å². The van der Waals surface area contributed by atoms with Gasteiger partial charge in [0.05, 0.1) is 11.6 Å². The molecule has 0 aromatic heterocycles. The molecule has 1 aliphatic heterocycles. The Bertz CT molecular complexity index is 789. The minimum atomic E-state index is -0.773. The number of carbonyl (C=O) groups excluding carboxylic acids is 2. The molecule has 1 aliphatic carbocycles. The van der Waals surface area contributed by atoms with Crippen molar-refractivity contribution in [1.29, 1.82) is 0 Å². The Hall–Kier alpha value is -3.02. The number of nitrogens with zero attached hydrogens (tertiary/aromatic N) is 1. The van der Waals surface area contributed by atoms with Crippen molar-refractivity contribution < 1.29 is 19.1 Å². The van der Waals surface area contributed by atoms with Gasteiger partial charge in [0, 0.05) is 6.54 Å². The fraction of sp³-hybridized carbons (Fsp3) is 0.118. The summed E-state index contributed by atoms with van der Waals surface area (Å²) in [4.78, 5) is 28.0. The van der Waals surface area contributed by atoms with Crippen molar-refractivity contribution >= 4 is 17.5 Å². The first-order valence-corrected chi connectivity index (χ1v) is 7.00. The van der Waals surface area contributed by atoms with Gasteiger partial charge in [-0.25, -0.2) is 9.38 Å². The number of carbonyl (C=O) groups is 2. The maximum atomic E-state index is 12.8. The zero-order valence-corrected chi connectivity index (χ0v) is 12.0. The molecule has 1 aromatic carbocycles. The van der Waals surface area contributed by atoms with Crippen LogP contribution in [0.1, 0.15) is 5.56 Å². The summed E-state index contributed by atoms with van der Waals surface area (Å²) in [5.74, 6) is -2.74. The molecule has 1 aromatic rings. The van der Waals surface area contributed by atoms with E-state index in [2.05, 4.69) is 10.3 Å². The standard InChI is InChI=1S/C17H13FN2O3/c18-11-7-5-10(6-8-11)9-19-16(22)14-15(21)12-3-1-2-4-13(12)20-17(14)23/h1-8,12,21H,9H2,(H,19,22). The van der Waals surface area contributed by atoms with E-state index >= 15 is 0 Å². The van der Waals surface area contributed by atoms with Crippen LogP contribution in [0.25, 0.3) is 0 Å². The SMILES string of the molecule is O=C1N=C2C=CC=CC2C(O)=C1C(=O)NCc1ccc(F)cc1. The Kier molecular flexibility index (Phi) is 3.89. The molecule has 6 heteroatoms. The molecule has 1 heterocycles. The lowest BCUT2D eigenvalue weighted by Crippen LogP contribution is -2.34. The number of amides is 2. The maximum absolute atomic E-state index is 12.8. The highest BCUT2D eigenvalue weighted by molar-refractivity contribution is 6.25. The van der Waals surface area contributed by atoms with Crippen LogP contribution in [0.3, 0.4) is 0 Å². The minimum absolute atomic E-state index is 0.111. The number of halogens is 1. The summed E-state index contributed by atoms with van der Waals surface area (Å²) in [5, 5.41) is 12.8. The molecule has 0 radical (unpaired) electrons. The fourth-order valence-corrected chi connectivity index (χ4v) is 2.39. The lowest BCUT2D eigenvalue weighted by Gasteiger charge is -2.21. The van der Waals surface area contributed by atoms with Gasteiger partial charge in [-0.05, 0) is 23.8 Å². The van der Waals surface area contributed by atoms with E-state index in [1.54, 1.807) is 24.3 Å². The summed E-state index contributed by atoms with van der Waals surface area (Å²) in [6.45, 7) is 0.111. The van der Waals surface area contributed by atoms with Gasteiger partial charge >= 0.3 is 0 Å². The van der Waals surface area contributed by atoms with Gasteiger partial charge in [-0.1, -0.05) is 30.4 Å². The monoisotopic (exact) mass is 312 g/mol. The van der Waals surface area contributed by atoms with Gasteiger partial charge in [0.2, 0.25) is 0 Å². The summed E-state index contributed by atoms with van der Waals surface area (Å²) < 4.78 is 12.8. The third-order valence-electron chi connectivity index (χ3n) is 3.59. The average molecular weight is 312 g/mol. The highest BCUT2D eigenvalue weighted by Crippen LogP contribution is 2.25. The molecule has 3 rings (SSSR count). The molecule has 1 unspecified atom stereocenters. The van der Waals surface area contributed by atoms with E-state index in [9.17, 15) is 19.1 Å². The molecule has 5 nitrogen and oxygen atoms in total. The van der Waals surface area contributed by atoms with Gasteiger partial charge in [0.1, 0.15) is 17.1 Å². The Labute approximate surface area is 131 Å². The number of rotatable bonds is 3. The van der Waals surface area contributed by atoms with Crippen LogP contribution in [-0.2, 0) is 16.1 Å². The average Bonchev–Trinajstić information content (AvgIpc) is 2.54. The molecule has 2 amide bonds.